The summed E-state index contributed by atoms with van der Waals surface area (Å²) >= 11 is 0. The van der Waals surface area contributed by atoms with Gasteiger partial charge in [-0.15, -0.1) is 0 Å². The van der Waals surface area contributed by atoms with Crippen molar-refractivity contribution >= 4 is 17.4 Å². The normalized spacial score (nSPS) is 15.4. The molecule has 0 aromatic heterocycles. The lowest BCUT2D eigenvalue weighted by atomic mass is 9.88. The van der Waals surface area contributed by atoms with Crippen LogP contribution in [0.15, 0.2) is 65.9 Å². The standard InChI is InChI=1S/C24H16F6N3O/c1-22(2)19(21(34)15-5-9-17(10-6-15)24(28,29)30)11-20(33(22)18(12-31)13-32)14-3-7-16(8-4-14)23(25,26)27/h3-11,31H,1-2H3/q+1. The van der Waals surface area contributed by atoms with E-state index in [1.165, 1.54) is 22.8 Å². The van der Waals surface area contributed by atoms with Crippen LogP contribution in [0.4, 0.5) is 26.3 Å². The van der Waals surface area contributed by atoms with E-state index in [1.54, 1.807) is 19.9 Å². The lowest BCUT2D eigenvalue weighted by Crippen LogP contribution is -2.39. The monoisotopic (exact) mass is 476 g/mol. The fourth-order valence-electron chi connectivity index (χ4n) is 3.69. The number of hydrogen-bond donors (Lipinski definition) is 1. The Balaban J connectivity index is 2.13. The molecule has 34 heavy (non-hydrogen) atoms. The van der Waals surface area contributed by atoms with Crippen LogP contribution in [0, 0.1) is 16.7 Å². The summed E-state index contributed by atoms with van der Waals surface area (Å²) in [7, 11) is 0. The number of ketones is 1. The summed E-state index contributed by atoms with van der Waals surface area (Å²) in [5.74, 6) is 1.34. The first kappa shape index (κ1) is 24.7. The number of alkyl halides is 6. The zero-order valence-electron chi connectivity index (χ0n) is 17.8. The van der Waals surface area contributed by atoms with Crippen LogP contribution in [-0.4, -0.2) is 27.5 Å². The third kappa shape index (κ3) is 4.43. The predicted octanol–water partition coefficient (Wildman–Crippen LogP) is 5.78. The van der Waals surface area contributed by atoms with Gasteiger partial charge in [0.05, 0.1) is 22.6 Å². The summed E-state index contributed by atoms with van der Waals surface area (Å²) in [6, 6.07) is 9.40. The Morgan fingerprint density at radius 1 is 0.912 bits per heavy atom. The van der Waals surface area contributed by atoms with E-state index in [1.807, 2.05) is 5.87 Å². The maximum absolute atomic E-state index is 13.2. The molecule has 0 spiro atoms. The van der Waals surface area contributed by atoms with Crippen LogP contribution >= 0.6 is 0 Å². The number of nitriles is 1. The van der Waals surface area contributed by atoms with Crippen LogP contribution in [-0.2, 0) is 12.4 Å². The van der Waals surface area contributed by atoms with Crippen LogP contribution in [0.5, 0.6) is 0 Å². The Morgan fingerprint density at radius 2 is 1.38 bits per heavy atom. The van der Waals surface area contributed by atoms with Crippen molar-refractivity contribution in [3.8, 4) is 6.07 Å². The van der Waals surface area contributed by atoms with Gasteiger partial charge in [0.15, 0.2) is 17.4 Å². The molecule has 10 heteroatoms. The van der Waals surface area contributed by atoms with Gasteiger partial charge in [-0.25, -0.2) is 0 Å². The van der Waals surface area contributed by atoms with Crippen LogP contribution < -0.4 is 0 Å². The van der Waals surface area contributed by atoms with Crippen molar-refractivity contribution in [2.24, 2.45) is 0 Å². The largest absolute Gasteiger partial charge is 0.416 e. The number of nitrogens with one attached hydrogen (secondary N) is 1. The van der Waals surface area contributed by atoms with Gasteiger partial charge in [-0.1, -0.05) is 12.1 Å². The second kappa shape index (κ2) is 8.43. The Hall–Kier alpha value is -3.96. The number of hydrogen-bond acceptors (Lipinski definition) is 3. The Kier molecular flexibility index (Phi) is 6.12. The Bertz CT molecular complexity index is 1300. The van der Waals surface area contributed by atoms with Crippen molar-refractivity contribution in [1.29, 1.82) is 10.7 Å². The molecule has 2 aromatic carbocycles. The van der Waals surface area contributed by atoms with Gasteiger partial charge >= 0.3 is 18.0 Å². The second-order valence-electron chi connectivity index (χ2n) is 7.90. The maximum Gasteiger partial charge on any atom is 0.416 e. The molecule has 0 saturated carbocycles. The molecule has 2 aromatic rings. The molecule has 1 N–H and O–H groups in total. The quantitative estimate of drug-likeness (QED) is 0.200. The summed E-state index contributed by atoms with van der Waals surface area (Å²) in [5.41, 5.74) is -2.95. The molecule has 0 saturated heterocycles. The Labute approximate surface area is 190 Å². The first-order valence-electron chi connectivity index (χ1n) is 9.70. The van der Waals surface area contributed by atoms with E-state index >= 15 is 0 Å². The number of Topliss-reactive ketones (excluding diaryl/α,β-unsaturated/α-hetero) is 1. The predicted molar refractivity (Wildman–Crippen MR) is 111 cm³/mol. The van der Waals surface area contributed by atoms with Gasteiger partial charge in [0.1, 0.15) is 0 Å². The van der Waals surface area contributed by atoms with E-state index in [-0.39, 0.29) is 28.1 Å². The van der Waals surface area contributed by atoms with Crippen molar-refractivity contribution in [2.75, 3.05) is 0 Å². The summed E-state index contributed by atoms with van der Waals surface area (Å²) < 4.78 is 78.8. The smallest absolute Gasteiger partial charge is 0.289 e. The maximum atomic E-state index is 13.2. The molecule has 1 aliphatic heterocycles. The molecule has 0 bridgehead atoms. The average Bonchev–Trinajstić information content (AvgIpc) is 3.04. The van der Waals surface area contributed by atoms with Gasteiger partial charge in [-0.2, -0.15) is 36.2 Å². The molecule has 0 aliphatic carbocycles. The Morgan fingerprint density at radius 3 is 1.79 bits per heavy atom. The highest BCUT2D eigenvalue weighted by Gasteiger charge is 2.49. The summed E-state index contributed by atoms with van der Waals surface area (Å²) in [4.78, 5) is 13.2. The van der Waals surface area contributed by atoms with Gasteiger partial charge < -0.3 is 0 Å². The van der Waals surface area contributed by atoms with Crippen LogP contribution in [0.3, 0.4) is 0 Å². The van der Waals surface area contributed by atoms with Gasteiger partial charge in [-0.3, -0.25) is 10.2 Å². The number of rotatable bonds is 4. The molecule has 0 unspecified atom stereocenters. The fourth-order valence-corrected chi connectivity index (χ4v) is 3.69. The first-order chi connectivity index (χ1) is 15.7. The van der Waals surface area contributed by atoms with E-state index in [0.29, 0.717) is 0 Å². The minimum absolute atomic E-state index is 0.0433. The van der Waals surface area contributed by atoms with Crippen molar-refractivity contribution in [3.63, 3.8) is 0 Å². The highest BCUT2D eigenvalue weighted by atomic mass is 19.4. The fraction of sp³-hybridized carbons (Fsp3) is 0.208. The number of benzene rings is 2. The van der Waals surface area contributed by atoms with Gasteiger partial charge in [0.25, 0.3) is 0 Å². The lowest BCUT2D eigenvalue weighted by Gasteiger charge is -2.20. The van der Waals surface area contributed by atoms with Crippen LogP contribution in [0.25, 0.3) is 0 Å². The van der Waals surface area contributed by atoms with E-state index in [2.05, 4.69) is 0 Å². The molecule has 0 radical (unpaired) electrons. The molecule has 4 nitrogen and oxygen atoms in total. The van der Waals surface area contributed by atoms with Gasteiger partial charge in [0.2, 0.25) is 5.71 Å². The summed E-state index contributed by atoms with van der Waals surface area (Å²) in [6.45, 7) is 3.10. The van der Waals surface area contributed by atoms with E-state index < -0.39 is 34.8 Å². The highest BCUT2D eigenvalue weighted by molar-refractivity contribution is 6.18. The molecule has 1 heterocycles. The molecule has 0 fully saturated rings. The average molecular weight is 476 g/mol. The molecule has 3 rings (SSSR count). The minimum Gasteiger partial charge on any atom is -0.289 e. The topological polar surface area (TPSA) is 67.7 Å². The number of carbonyl (C=O) groups excluding carboxylic acids is 1. The van der Waals surface area contributed by atoms with Crippen molar-refractivity contribution in [2.45, 2.75) is 31.7 Å². The zero-order valence-corrected chi connectivity index (χ0v) is 17.8. The zero-order chi connectivity index (χ0) is 25.5. The number of allylic oxidation sites excluding steroid dienone is 2. The third-order valence-electron chi connectivity index (χ3n) is 5.42. The van der Waals surface area contributed by atoms with Crippen LogP contribution in [0.1, 0.15) is 40.9 Å². The van der Waals surface area contributed by atoms with Crippen molar-refractivity contribution in [1.82, 2.24) is 0 Å². The van der Waals surface area contributed by atoms with Crippen molar-refractivity contribution < 1.29 is 35.7 Å². The van der Waals surface area contributed by atoms with E-state index in [9.17, 15) is 36.4 Å². The highest BCUT2D eigenvalue weighted by Crippen LogP contribution is 2.35. The molecular formula is C24H16F6N3O+. The number of nitrogens with zero attached hydrogens (tertiary/aromatic N) is 2. The van der Waals surface area contributed by atoms with Crippen LogP contribution in [0.2, 0.25) is 0 Å². The third-order valence-corrected chi connectivity index (χ3v) is 5.42. The van der Waals surface area contributed by atoms with Gasteiger partial charge in [0, 0.05) is 31.1 Å². The molecule has 174 valence electrons. The van der Waals surface area contributed by atoms with Crippen molar-refractivity contribution in [3.05, 3.63) is 88.1 Å². The van der Waals surface area contributed by atoms with E-state index in [4.69, 9.17) is 5.41 Å². The SMILES string of the molecule is CC1(C)C(C(=O)c2ccc(C(F)(F)F)cc2)=CC(c2ccc(C(F)(F)F)cc2)=[N+]1C(=C=N)C#N. The molecular weight excluding hydrogens is 460 g/mol. The second-order valence-corrected chi connectivity index (χ2v) is 7.90. The molecule has 0 amide bonds. The lowest BCUT2D eigenvalue weighted by molar-refractivity contribution is -0.531. The molecule has 1 aliphatic rings. The first-order valence-corrected chi connectivity index (χ1v) is 9.70. The van der Waals surface area contributed by atoms with E-state index in [0.717, 1.165) is 36.4 Å². The number of carbonyl (C=O) groups is 1. The summed E-state index contributed by atoms with van der Waals surface area (Å²) in [5, 5.41) is 17.0. The molecule has 0 atom stereocenters. The summed E-state index contributed by atoms with van der Waals surface area (Å²) in [6.07, 6.45) is -7.79. The van der Waals surface area contributed by atoms with Gasteiger partial charge in [-0.05, 0) is 36.4 Å². The number of halogens is 6. The minimum atomic E-state index is -4.58.